The number of carbonyl (C=O) groups is 1. The number of nitriles is 1. The zero-order chi connectivity index (χ0) is 28.8. The molecule has 6 nitrogen and oxygen atoms in total. The van der Waals surface area contributed by atoms with Gasteiger partial charge in [0, 0.05) is 22.5 Å². The Morgan fingerprint density at radius 2 is 1.63 bits per heavy atom. The van der Waals surface area contributed by atoms with E-state index in [0.717, 1.165) is 33.8 Å². The summed E-state index contributed by atoms with van der Waals surface area (Å²) < 4.78 is 9.55. The molecule has 0 aliphatic carbocycles. The van der Waals surface area contributed by atoms with Gasteiger partial charge in [-0.1, -0.05) is 48.5 Å². The molecule has 5 aromatic rings. The molecule has 0 fully saturated rings. The van der Waals surface area contributed by atoms with Gasteiger partial charge in [-0.05, 0) is 105 Å². The first kappa shape index (κ1) is 28.1. The summed E-state index contributed by atoms with van der Waals surface area (Å²) in [6.07, 6.45) is 1.56. The normalized spacial score (nSPS) is 10.9. The van der Waals surface area contributed by atoms with Crippen LogP contribution < -0.4 is 10.2 Å². The van der Waals surface area contributed by atoms with Gasteiger partial charge in [-0.2, -0.15) is 10.4 Å². The maximum atomic E-state index is 12.8. The molecule has 1 heterocycles. The number of nitrogens with zero attached hydrogens (tertiary/aromatic N) is 3. The first-order valence-electron chi connectivity index (χ1n) is 12.7. The predicted octanol–water partition coefficient (Wildman–Crippen LogP) is 8.19. The Labute approximate surface area is 255 Å². The molecule has 0 aliphatic heterocycles. The summed E-state index contributed by atoms with van der Waals surface area (Å²) >= 11 is 7.08. The smallest absolute Gasteiger partial charge is 0.271 e. The van der Waals surface area contributed by atoms with E-state index in [0.29, 0.717) is 25.8 Å². The number of carbonyl (C=O) groups excluding carboxylic acids is 1. The van der Waals surface area contributed by atoms with Crippen LogP contribution in [0.5, 0.6) is 5.75 Å². The fourth-order valence-corrected chi connectivity index (χ4v) is 5.86. The summed E-state index contributed by atoms with van der Waals surface area (Å²) in [6.45, 7) is 2.31. The Balaban J connectivity index is 1.24. The molecule has 1 aromatic heterocycles. The summed E-state index contributed by atoms with van der Waals surface area (Å²) in [5.74, 6) is 0.293. The molecule has 202 valence electrons. The molecule has 0 bridgehead atoms. The fourth-order valence-electron chi connectivity index (χ4n) is 4.40. The molecule has 4 aromatic carbocycles. The van der Waals surface area contributed by atoms with Crippen LogP contribution in [0, 0.1) is 18.3 Å². The van der Waals surface area contributed by atoms with Gasteiger partial charge in [0.15, 0.2) is 0 Å². The Morgan fingerprint density at radius 1 is 0.951 bits per heavy atom. The minimum Gasteiger partial charge on any atom is -0.486 e. The van der Waals surface area contributed by atoms with Gasteiger partial charge in [-0.15, -0.1) is 0 Å². The highest BCUT2D eigenvalue weighted by molar-refractivity contribution is 9.11. The van der Waals surface area contributed by atoms with Crippen LogP contribution >= 0.6 is 31.9 Å². The zero-order valence-electron chi connectivity index (χ0n) is 22.0. The van der Waals surface area contributed by atoms with Gasteiger partial charge in [0.05, 0.1) is 32.5 Å². The number of halogens is 2. The fraction of sp³-hybridized carbons (Fsp3) is 0.0606. The highest BCUT2D eigenvalue weighted by atomic mass is 79.9. The van der Waals surface area contributed by atoms with E-state index in [1.165, 1.54) is 0 Å². The lowest BCUT2D eigenvalue weighted by Crippen LogP contribution is -2.17. The molecule has 0 unspecified atom stereocenters. The van der Waals surface area contributed by atoms with Crippen molar-refractivity contribution in [3.8, 4) is 28.8 Å². The van der Waals surface area contributed by atoms with Crippen LogP contribution in [-0.2, 0) is 6.61 Å². The SMILES string of the molecule is Cc1ccc(-c2ccccc2)n1-c1ccc(C(=O)N/N=C/c2cc(Br)c(OCc3ccccc3C#N)c(Br)c2)cc1. The third-order valence-corrected chi connectivity index (χ3v) is 7.62. The second-order valence-corrected chi connectivity index (χ2v) is 10.9. The number of hydrogen-bond donors (Lipinski definition) is 1. The number of amides is 1. The van der Waals surface area contributed by atoms with E-state index in [-0.39, 0.29) is 12.5 Å². The van der Waals surface area contributed by atoms with Crippen LogP contribution in [0.2, 0.25) is 0 Å². The van der Waals surface area contributed by atoms with Crippen LogP contribution in [-0.4, -0.2) is 16.7 Å². The number of hydrazone groups is 1. The van der Waals surface area contributed by atoms with Crippen LogP contribution in [0.1, 0.15) is 32.7 Å². The molecule has 1 N–H and O–H groups in total. The molecule has 0 saturated heterocycles. The van der Waals surface area contributed by atoms with Gasteiger partial charge >= 0.3 is 0 Å². The van der Waals surface area contributed by atoms with Crippen molar-refractivity contribution in [2.45, 2.75) is 13.5 Å². The van der Waals surface area contributed by atoms with E-state index in [4.69, 9.17) is 4.74 Å². The number of hydrogen-bond acceptors (Lipinski definition) is 4. The van der Waals surface area contributed by atoms with Crippen molar-refractivity contribution in [2.75, 3.05) is 0 Å². The summed E-state index contributed by atoms with van der Waals surface area (Å²) in [4.78, 5) is 12.8. The first-order valence-corrected chi connectivity index (χ1v) is 14.3. The lowest BCUT2D eigenvalue weighted by molar-refractivity contribution is 0.0955. The third-order valence-electron chi connectivity index (χ3n) is 6.44. The molecule has 8 heteroatoms. The van der Waals surface area contributed by atoms with Gasteiger partial charge in [0.25, 0.3) is 5.91 Å². The maximum absolute atomic E-state index is 12.8. The zero-order valence-corrected chi connectivity index (χ0v) is 25.2. The van der Waals surface area contributed by atoms with Crippen LogP contribution in [0.15, 0.2) is 117 Å². The van der Waals surface area contributed by atoms with Crippen molar-refractivity contribution in [3.05, 3.63) is 140 Å². The van der Waals surface area contributed by atoms with Crippen LogP contribution in [0.3, 0.4) is 0 Å². The van der Waals surface area contributed by atoms with Gasteiger partial charge in [-0.3, -0.25) is 4.79 Å². The average Bonchev–Trinajstić information content (AvgIpc) is 3.38. The molecule has 0 saturated carbocycles. The summed E-state index contributed by atoms with van der Waals surface area (Å²) in [5.41, 5.74) is 9.51. The van der Waals surface area contributed by atoms with Crippen molar-refractivity contribution in [3.63, 3.8) is 0 Å². The molecule has 0 aliphatic rings. The second kappa shape index (κ2) is 12.8. The lowest BCUT2D eigenvalue weighted by Gasteiger charge is -2.13. The average molecular weight is 668 g/mol. The van der Waals surface area contributed by atoms with Gasteiger partial charge in [-0.25, -0.2) is 5.43 Å². The lowest BCUT2D eigenvalue weighted by atomic mass is 10.1. The highest BCUT2D eigenvalue weighted by Crippen LogP contribution is 2.35. The van der Waals surface area contributed by atoms with Gasteiger partial charge in [0.2, 0.25) is 0 Å². The maximum Gasteiger partial charge on any atom is 0.271 e. The van der Waals surface area contributed by atoms with Gasteiger partial charge in [0.1, 0.15) is 12.4 Å². The standard InChI is InChI=1S/C33H24Br2N4O2/c1-22-11-16-31(24-7-3-2-4-8-24)39(22)28-14-12-25(13-15-28)33(40)38-37-20-23-17-29(34)32(30(35)18-23)41-21-27-10-6-5-9-26(27)19-36/h2-18,20H,21H2,1H3,(H,38,40)/b37-20+. The summed E-state index contributed by atoms with van der Waals surface area (Å²) in [7, 11) is 0. The Kier molecular flexibility index (Phi) is 8.78. The van der Waals surface area contributed by atoms with Gasteiger partial charge < -0.3 is 9.30 Å². The molecule has 41 heavy (non-hydrogen) atoms. The highest BCUT2D eigenvalue weighted by Gasteiger charge is 2.12. The molecule has 1 amide bonds. The monoisotopic (exact) mass is 666 g/mol. The molecular weight excluding hydrogens is 644 g/mol. The second-order valence-electron chi connectivity index (χ2n) is 9.18. The van der Waals surface area contributed by atoms with E-state index < -0.39 is 0 Å². The van der Waals surface area contributed by atoms with Crippen molar-refractivity contribution < 1.29 is 9.53 Å². The van der Waals surface area contributed by atoms with Crippen LogP contribution in [0.25, 0.3) is 16.9 Å². The van der Waals surface area contributed by atoms with Crippen molar-refractivity contribution in [1.29, 1.82) is 5.26 Å². The molecule has 0 atom stereocenters. The Morgan fingerprint density at radius 3 is 2.34 bits per heavy atom. The van der Waals surface area contributed by atoms with Crippen molar-refractivity contribution >= 4 is 44.0 Å². The van der Waals surface area contributed by atoms with E-state index in [1.807, 2.05) is 60.7 Å². The van der Waals surface area contributed by atoms with E-state index >= 15 is 0 Å². The molecular formula is C33H24Br2N4O2. The number of benzene rings is 4. The minimum atomic E-state index is -0.311. The largest absolute Gasteiger partial charge is 0.486 e. The number of aromatic nitrogens is 1. The third kappa shape index (κ3) is 6.49. The number of ether oxygens (including phenoxy) is 1. The van der Waals surface area contributed by atoms with E-state index in [2.05, 4.69) is 84.2 Å². The number of rotatable bonds is 8. The van der Waals surface area contributed by atoms with E-state index in [9.17, 15) is 10.1 Å². The number of nitrogens with one attached hydrogen (secondary N) is 1. The Bertz CT molecular complexity index is 1750. The van der Waals surface area contributed by atoms with Crippen LogP contribution in [0.4, 0.5) is 0 Å². The molecule has 5 rings (SSSR count). The number of aryl methyl sites for hydroxylation is 1. The van der Waals surface area contributed by atoms with Crippen molar-refractivity contribution in [1.82, 2.24) is 9.99 Å². The molecule has 0 spiro atoms. The Hall–Kier alpha value is -4.45. The quantitative estimate of drug-likeness (QED) is 0.134. The first-order chi connectivity index (χ1) is 19.9. The summed E-state index contributed by atoms with van der Waals surface area (Å²) in [6, 6.07) is 35.0. The van der Waals surface area contributed by atoms with E-state index in [1.54, 1.807) is 24.4 Å². The predicted molar refractivity (Wildman–Crippen MR) is 168 cm³/mol. The summed E-state index contributed by atoms with van der Waals surface area (Å²) in [5, 5.41) is 13.4. The topological polar surface area (TPSA) is 79.4 Å². The van der Waals surface area contributed by atoms with Crippen molar-refractivity contribution in [2.24, 2.45) is 5.10 Å². The minimum absolute atomic E-state index is 0.251. The molecule has 0 radical (unpaired) electrons.